The van der Waals surface area contributed by atoms with Crippen LogP contribution >= 0.6 is 0 Å². The second kappa shape index (κ2) is 49.5. The average Bonchev–Trinajstić information content (AvgIpc) is 0.826. The highest BCUT2D eigenvalue weighted by molar-refractivity contribution is 5.95. The Labute approximate surface area is 757 Å². The number of primary amides is 5. The molecule has 0 bridgehead atoms. The first kappa shape index (κ1) is 106. The molecule has 0 spiro atoms. The van der Waals surface area contributed by atoms with Gasteiger partial charge >= 0.3 is 0 Å². The maximum absolute atomic E-state index is 11.8. The topological polar surface area (TPSA) is 423 Å². The third-order valence-corrected chi connectivity index (χ3v) is 28.4. The van der Waals surface area contributed by atoms with Gasteiger partial charge in [-0.3, -0.25) is 24.0 Å². The van der Waals surface area contributed by atoms with Crippen LogP contribution in [0.1, 0.15) is 395 Å². The Hall–Kier alpha value is -8.33. The van der Waals surface area contributed by atoms with Gasteiger partial charge in [0.05, 0.1) is 68.5 Å². The average molecular weight is 1750 g/mol. The van der Waals surface area contributed by atoms with E-state index in [1.807, 2.05) is 13.8 Å². The number of carbonyl (C=O) groups excluding carboxylic acids is 5. The summed E-state index contributed by atoms with van der Waals surface area (Å²) in [4.78, 5) is 104. The molecule has 27 heteroatoms. The highest BCUT2D eigenvalue weighted by Gasteiger charge is 2.34. The van der Waals surface area contributed by atoms with Gasteiger partial charge < -0.3 is 64.7 Å². The number of nitrogens with one attached hydrogen (secondary N) is 5. The lowest BCUT2D eigenvalue weighted by atomic mass is 9.77. The normalized spacial score (nSPS) is 22.1. The summed E-state index contributed by atoms with van der Waals surface area (Å²) < 4.78 is 11.4. The van der Waals surface area contributed by atoms with Crippen LogP contribution in [0.2, 0.25) is 0 Å². The Morgan fingerprint density at radius 3 is 0.738 bits per heavy atom. The Morgan fingerprint density at radius 1 is 0.333 bits per heavy atom. The van der Waals surface area contributed by atoms with E-state index in [0.717, 1.165) is 162 Å². The molecule has 5 saturated carbocycles. The number of hydrogen-bond acceptors (Lipinski definition) is 22. The first-order valence-electron chi connectivity index (χ1n) is 47.8. The molecule has 5 fully saturated rings. The van der Waals surface area contributed by atoms with E-state index in [1.165, 1.54) is 51.4 Å². The SMILES string of the molecule is CC1CCC(Nc2ncc(C(N)=O)c(CC(C)(C)C(C)C)n2)CC1.CCC1CCC(Nc2ncc(C(N)=O)c(C[C@@H](C)C(C)(C)C)n2)CC1.CCC1CCC(Nc2ncc(C(N)=O)c(C[C@H](C)C(C)(C)C)n2)CC1.CCOC1CCC(Nc2ncc(C(N)=O)c(C[C@@H](C)C(C)(C)C)n2)CC1.CCOC1CCC(Nc2ncc(C(N)=O)c(C[C@H](C)C(C)(C)C)n2)CC1. The number of anilines is 5. The van der Waals surface area contributed by atoms with Gasteiger partial charge in [0.2, 0.25) is 29.7 Å². The maximum atomic E-state index is 11.8. The van der Waals surface area contributed by atoms with Gasteiger partial charge in [-0.1, -0.05) is 172 Å². The highest BCUT2D eigenvalue weighted by Crippen LogP contribution is 2.38. The van der Waals surface area contributed by atoms with Crippen molar-refractivity contribution < 1.29 is 33.4 Å². The number of nitrogens with zero attached hydrogens (tertiary/aromatic N) is 10. The van der Waals surface area contributed by atoms with Crippen molar-refractivity contribution in [3.05, 3.63) is 87.3 Å². The number of amides is 5. The Balaban J connectivity index is 0.000000243. The molecule has 0 aromatic carbocycles. The molecule has 15 N–H and O–H groups in total. The second-order valence-corrected chi connectivity index (χ2v) is 42.6. The predicted molar refractivity (Wildman–Crippen MR) is 511 cm³/mol. The third kappa shape index (κ3) is 35.3. The van der Waals surface area contributed by atoms with Crippen molar-refractivity contribution in [3.8, 4) is 0 Å². The van der Waals surface area contributed by atoms with Gasteiger partial charge in [0.1, 0.15) is 0 Å². The highest BCUT2D eigenvalue weighted by atomic mass is 16.5. The van der Waals surface area contributed by atoms with E-state index in [4.69, 9.17) is 38.1 Å². The number of hydrogen-bond donors (Lipinski definition) is 10. The summed E-state index contributed by atoms with van der Waals surface area (Å²) in [5, 5.41) is 17.3. The molecule has 4 atom stereocenters. The standard InChI is InChI=1S/2C20H34N4O2.2C20H34N4O.C19H32N4O/c2*1-6-26-15-9-7-14(8-10-15)23-19-22-12-16(18(21)25)17(24-19)11-13(2)20(3,4)5;2*1-6-14-7-9-15(10-8-14)23-19-22-12-16(18(21)25)17(24-19)11-13(2)20(3,4)5;1-12(2)19(4,5)10-16-15(17(20)24)11-21-18(23-16)22-14-8-6-13(3)7-9-14/h2*12-15H,6-11H2,1-5H3,(H2,21,25)(H,22,23,24);2*12-15H,6-11H2,1-5H3,(H2,21,25)(H,22,23,24);11-14H,6-10H2,1-5H3,(H2,20,24)(H,21,22,23)/t4*13-,14?,15?;/m1010./s1. The van der Waals surface area contributed by atoms with Gasteiger partial charge in [-0.15, -0.1) is 0 Å². The molecule has 27 nitrogen and oxygen atoms in total. The van der Waals surface area contributed by atoms with E-state index in [9.17, 15) is 24.0 Å². The number of rotatable bonds is 32. The van der Waals surface area contributed by atoms with E-state index in [1.54, 1.807) is 31.0 Å². The summed E-state index contributed by atoms with van der Waals surface area (Å²) in [7, 11) is 0. The van der Waals surface area contributed by atoms with Gasteiger partial charge in [-0.25, -0.2) is 49.8 Å². The molecule has 5 heterocycles. The summed E-state index contributed by atoms with van der Waals surface area (Å²) in [5.41, 5.74) is 34.1. The predicted octanol–water partition coefficient (Wildman–Crippen LogP) is 19.3. The Morgan fingerprint density at radius 2 is 0.540 bits per heavy atom. The molecule has 706 valence electrons. The van der Waals surface area contributed by atoms with E-state index in [2.05, 4.69) is 236 Å². The molecule has 0 saturated heterocycles. The van der Waals surface area contributed by atoms with Crippen molar-refractivity contribution in [2.24, 2.45) is 103 Å². The zero-order chi connectivity index (χ0) is 93.8. The molecule has 5 aliphatic carbocycles. The van der Waals surface area contributed by atoms with Crippen molar-refractivity contribution in [3.63, 3.8) is 0 Å². The minimum atomic E-state index is -0.468. The molecule has 126 heavy (non-hydrogen) atoms. The van der Waals surface area contributed by atoms with Crippen LogP contribution in [0.15, 0.2) is 31.0 Å². The molecular formula is C99H168N20O7. The first-order chi connectivity index (χ1) is 59.0. The molecule has 10 rings (SSSR count). The Bertz CT molecular complexity index is 3970. The summed E-state index contributed by atoms with van der Waals surface area (Å²) in [6.45, 7) is 56.3. The van der Waals surface area contributed by atoms with Gasteiger partial charge in [0.25, 0.3) is 29.5 Å². The van der Waals surface area contributed by atoms with Crippen molar-refractivity contribution >= 4 is 59.3 Å². The summed E-state index contributed by atoms with van der Waals surface area (Å²) >= 11 is 0. The van der Waals surface area contributed by atoms with Crippen LogP contribution in [0.25, 0.3) is 0 Å². The summed E-state index contributed by atoms with van der Waals surface area (Å²) in [6.07, 6.45) is 37.6. The fourth-order valence-electron chi connectivity index (χ4n) is 16.2. The lowest BCUT2D eigenvalue weighted by molar-refractivity contribution is 0.0345. The minimum Gasteiger partial charge on any atom is -0.379 e. The van der Waals surface area contributed by atoms with E-state index in [-0.39, 0.29) is 27.1 Å². The zero-order valence-electron chi connectivity index (χ0n) is 82.3. The quantitative estimate of drug-likeness (QED) is 0.0191. The zero-order valence-corrected chi connectivity index (χ0v) is 82.3. The van der Waals surface area contributed by atoms with Crippen LogP contribution in [-0.4, -0.2) is 135 Å². The largest absolute Gasteiger partial charge is 0.379 e. The molecular weight excluding hydrogens is 1580 g/mol. The molecule has 5 aromatic rings. The summed E-state index contributed by atoms with van der Waals surface area (Å²) in [5.74, 6) is 5.26. The van der Waals surface area contributed by atoms with Crippen LogP contribution < -0.4 is 55.3 Å². The third-order valence-electron chi connectivity index (χ3n) is 28.4. The Kier molecular flexibility index (Phi) is 41.8. The van der Waals surface area contributed by atoms with Crippen molar-refractivity contribution in [2.45, 2.75) is 389 Å². The van der Waals surface area contributed by atoms with E-state index >= 15 is 0 Å². The molecule has 5 amide bonds. The van der Waals surface area contributed by atoms with Crippen LogP contribution in [0.5, 0.6) is 0 Å². The fraction of sp³-hybridized carbons (Fsp3) is 0.747. The second-order valence-electron chi connectivity index (χ2n) is 42.6. The van der Waals surface area contributed by atoms with Crippen LogP contribution in [0.4, 0.5) is 29.7 Å². The van der Waals surface area contributed by atoms with E-state index in [0.29, 0.717) is 149 Å². The lowest BCUT2D eigenvalue weighted by Gasteiger charge is -2.30. The van der Waals surface area contributed by atoms with E-state index < -0.39 is 29.5 Å². The number of aromatic nitrogens is 10. The van der Waals surface area contributed by atoms with Gasteiger partial charge in [0.15, 0.2) is 0 Å². The van der Waals surface area contributed by atoms with Gasteiger partial charge in [-0.05, 0) is 249 Å². The molecule has 5 aliphatic rings. The van der Waals surface area contributed by atoms with Crippen molar-refractivity contribution in [1.82, 2.24) is 49.8 Å². The molecule has 0 unspecified atom stereocenters. The van der Waals surface area contributed by atoms with Crippen LogP contribution in [0.3, 0.4) is 0 Å². The molecule has 5 aromatic heterocycles. The number of ether oxygens (including phenoxy) is 2. The van der Waals surface area contributed by atoms with Gasteiger partial charge in [-0.2, -0.15) is 0 Å². The molecule has 0 aliphatic heterocycles. The molecule has 0 radical (unpaired) electrons. The lowest BCUT2D eigenvalue weighted by Crippen LogP contribution is -2.31. The van der Waals surface area contributed by atoms with Crippen molar-refractivity contribution in [2.75, 3.05) is 39.8 Å². The van der Waals surface area contributed by atoms with Crippen molar-refractivity contribution in [1.29, 1.82) is 0 Å². The maximum Gasteiger partial charge on any atom is 0.252 e. The van der Waals surface area contributed by atoms with Crippen LogP contribution in [0, 0.1) is 74.4 Å². The number of nitrogens with two attached hydrogens (primary N) is 5. The fourth-order valence-corrected chi connectivity index (χ4v) is 16.2. The van der Waals surface area contributed by atoms with Gasteiger partial charge in [0, 0.05) is 74.4 Å². The summed E-state index contributed by atoms with van der Waals surface area (Å²) in [6, 6.07) is 1.97. The van der Waals surface area contributed by atoms with Crippen LogP contribution in [-0.2, 0) is 41.6 Å². The monoisotopic (exact) mass is 1750 g/mol. The number of carbonyl (C=O) groups is 5. The first-order valence-corrected chi connectivity index (χ1v) is 47.8. The smallest absolute Gasteiger partial charge is 0.252 e. The minimum absolute atomic E-state index is 0.0378.